The fourth-order valence-electron chi connectivity index (χ4n) is 1.08. The van der Waals surface area contributed by atoms with E-state index < -0.39 is 46.6 Å². The van der Waals surface area contributed by atoms with Gasteiger partial charge in [-0.3, -0.25) is 4.79 Å². The van der Waals surface area contributed by atoms with E-state index in [0.717, 1.165) is 0 Å². The Balaban J connectivity index is 3.16. The lowest BCUT2D eigenvalue weighted by molar-refractivity contribution is -0.152. The fourth-order valence-corrected chi connectivity index (χ4v) is 1.08. The van der Waals surface area contributed by atoms with E-state index in [1.807, 2.05) is 0 Å². The molecule has 4 nitrogen and oxygen atoms in total. The van der Waals surface area contributed by atoms with Crippen molar-refractivity contribution >= 4 is 17.6 Å². The molecule has 0 atom stereocenters. The first-order valence-corrected chi connectivity index (χ1v) is 4.80. The quantitative estimate of drug-likeness (QED) is 0.296. The van der Waals surface area contributed by atoms with Crippen molar-refractivity contribution in [3.63, 3.8) is 0 Å². The molecule has 0 unspecified atom stereocenters. The number of carbonyl (C=O) groups is 2. The van der Waals surface area contributed by atoms with Crippen molar-refractivity contribution in [3.05, 3.63) is 29.1 Å². The average molecular weight is 283 g/mol. The van der Waals surface area contributed by atoms with Gasteiger partial charge < -0.3 is 10.1 Å². The van der Waals surface area contributed by atoms with Crippen LogP contribution in [0.15, 0.2) is 0 Å². The first-order valence-electron chi connectivity index (χ1n) is 4.80. The number of halogens is 5. The Morgan fingerprint density at radius 3 is 1.79 bits per heavy atom. The molecule has 0 aliphatic carbocycles. The van der Waals surface area contributed by atoms with Crippen molar-refractivity contribution in [2.45, 2.75) is 6.92 Å². The molecule has 0 aromatic heterocycles. The van der Waals surface area contributed by atoms with Crippen LogP contribution in [0, 0.1) is 29.1 Å². The minimum atomic E-state index is -2.37. The summed E-state index contributed by atoms with van der Waals surface area (Å²) in [5.74, 6) is -14.5. The number of amides is 1. The highest BCUT2D eigenvalue weighted by Crippen LogP contribution is 2.26. The maximum absolute atomic E-state index is 13.1. The normalized spacial score (nSPS) is 10.2. The second-order valence-corrected chi connectivity index (χ2v) is 3.12. The Labute approximate surface area is 103 Å². The first-order chi connectivity index (χ1) is 8.81. The number of hydrogen-bond acceptors (Lipinski definition) is 3. The van der Waals surface area contributed by atoms with Gasteiger partial charge in [-0.1, -0.05) is 0 Å². The molecule has 0 fully saturated rings. The second kappa shape index (κ2) is 5.63. The summed E-state index contributed by atoms with van der Waals surface area (Å²) in [6.45, 7) is 1.15. The van der Waals surface area contributed by atoms with Crippen LogP contribution in [0.4, 0.5) is 27.6 Å². The van der Waals surface area contributed by atoms with E-state index in [-0.39, 0.29) is 6.61 Å². The van der Waals surface area contributed by atoms with Crippen molar-refractivity contribution in [1.82, 2.24) is 0 Å². The Hall–Kier alpha value is -2.19. The fraction of sp³-hybridized carbons (Fsp3) is 0.200. The first kappa shape index (κ1) is 14.9. The van der Waals surface area contributed by atoms with Gasteiger partial charge in [0.15, 0.2) is 23.3 Å². The maximum atomic E-state index is 13.1. The van der Waals surface area contributed by atoms with Gasteiger partial charge in [0.25, 0.3) is 0 Å². The van der Waals surface area contributed by atoms with Gasteiger partial charge in [0, 0.05) is 0 Å². The molecule has 9 heteroatoms. The van der Waals surface area contributed by atoms with Gasteiger partial charge in [0.05, 0.1) is 6.61 Å². The topological polar surface area (TPSA) is 55.4 Å². The van der Waals surface area contributed by atoms with Crippen molar-refractivity contribution in [2.75, 3.05) is 11.9 Å². The number of anilines is 1. The number of esters is 1. The molecule has 1 rings (SSSR count). The van der Waals surface area contributed by atoms with Gasteiger partial charge in [-0.15, -0.1) is 0 Å². The van der Waals surface area contributed by atoms with E-state index in [4.69, 9.17) is 0 Å². The number of benzene rings is 1. The van der Waals surface area contributed by atoms with Gasteiger partial charge >= 0.3 is 11.9 Å². The Morgan fingerprint density at radius 1 is 0.947 bits per heavy atom. The van der Waals surface area contributed by atoms with Gasteiger partial charge in [0.2, 0.25) is 5.82 Å². The van der Waals surface area contributed by atoms with E-state index in [9.17, 15) is 31.5 Å². The van der Waals surface area contributed by atoms with Crippen LogP contribution in [-0.4, -0.2) is 18.5 Å². The number of hydrogen-bond donors (Lipinski definition) is 1. The number of rotatable bonds is 2. The summed E-state index contributed by atoms with van der Waals surface area (Å²) in [5.41, 5.74) is -1.62. The molecular formula is C10H6F5NO3. The van der Waals surface area contributed by atoms with Crippen LogP contribution in [0.25, 0.3) is 0 Å². The van der Waals surface area contributed by atoms with E-state index in [1.165, 1.54) is 12.2 Å². The van der Waals surface area contributed by atoms with E-state index in [0.29, 0.717) is 0 Å². The summed E-state index contributed by atoms with van der Waals surface area (Å²) in [4.78, 5) is 21.9. The number of nitrogens with one attached hydrogen (secondary N) is 1. The predicted molar refractivity (Wildman–Crippen MR) is 51.5 cm³/mol. The molecule has 0 saturated heterocycles. The molecule has 1 amide bonds. The van der Waals surface area contributed by atoms with Gasteiger partial charge in [0.1, 0.15) is 5.69 Å². The molecule has 0 bridgehead atoms. The lowest BCUT2D eigenvalue weighted by atomic mass is 10.2. The van der Waals surface area contributed by atoms with Crippen molar-refractivity contribution in [1.29, 1.82) is 0 Å². The largest absolute Gasteiger partial charge is 0.459 e. The van der Waals surface area contributed by atoms with Crippen molar-refractivity contribution in [3.8, 4) is 0 Å². The molecule has 1 aromatic carbocycles. The standard InChI is InChI=1S/C10H6F5NO3/c1-2-19-10(18)9(17)16-8-6(14)4(12)3(11)5(13)7(8)15/h2H2,1H3,(H,16,17). The van der Waals surface area contributed by atoms with Crippen LogP contribution < -0.4 is 5.32 Å². The molecule has 1 aromatic rings. The third-order valence-electron chi connectivity index (χ3n) is 1.91. The van der Waals surface area contributed by atoms with Crippen molar-refractivity contribution in [2.24, 2.45) is 0 Å². The minimum absolute atomic E-state index is 0.205. The van der Waals surface area contributed by atoms with Crippen LogP contribution in [0.3, 0.4) is 0 Å². The van der Waals surface area contributed by atoms with Gasteiger partial charge in [-0.2, -0.15) is 0 Å². The number of ether oxygens (including phenoxy) is 1. The summed E-state index contributed by atoms with van der Waals surface area (Å²) in [7, 11) is 0. The molecule has 0 spiro atoms. The summed E-state index contributed by atoms with van der Waals surface area (Å²) < 4.78 is 68.7. The average Bonchev–Trinajstić information content (AvgIpc) is 2.39. The molecule has 0 heterocycles. The van der Waals surface area contributed by atoms with Gasteiger partial charge in [-0.25, -0.2) is 26.7 Å². The van der Waals surface area contributed by atoms with E-state index in [1.54, 1.807) is 0 Å². The summed E-state index contributed by atoms with van der Waals surface area (Å²) >= 11 is 0. The summed E-state index contributed by atoms with van der Waals surface area (Å²) in [6.07, 6.45) is 0. The highest BCUT2D eigenvalue weighted by atomic mass is 19.2. The number of carbonyl (C=O) groups excluding carboxylic acids is 2. The zero-order valence-corrected chi connectivity index (χ0v) is 9.32. The molecule has 19 heavy (non-hydrogen) atoms. The summed E-state index contributed by atoms with van der Waals surface area (Å²) in [6, 6.07) is 0. The Morgan fingerprint density at radius 2 is 1.37 bits per heavy atom. The van der Waals surface area contributed by atoms with Crippen LogP contribution in [0.2, 0.25) is 0 Å². The zero-order valence-electron chi connectivity index (χ0n) is 9.32. The van der Waals surface area contributed by atoms with Crippen LogP contribution in [-0.2, 0) is 14.3 Å². The highest BCUT2D eigenvalue weighted by molar-refractivity contribution is 6.37. The minimum Gasteiger partial charge on any atom is -0.459 e. The Kier molecular flexibility index (Phi) is 4.41. The molecule has 1 N–H and O–H groups in total. The Bertz CT molecular complexity index is 517. The molecule has 104 valence electrons. The molecule has 0 aliphatic heterocycles. The van der Waals surface area contributed by atoms with Crippen LogP contribution >= 0.6 is 0 Å². The smallest absolute Gasteiger partial charge is 0.397 e. The van der Waals surface area contributed by atoms with E-state index in [2.05, 4.69) is 4.74 Å². The molecule has 0 saturated carbocycles. The van der Waals surface area contributed by atoms with Crippen molar-refractivity contribution < 1.29 is 36.3 Å². The second-order valence-electron chi connectivity index (χ2n) is 3.12. The zero-order chi connectivity index (χ0) is 14.7. The highest BCUT2D eigenvalue weighted by Gasteiger charge is 2.28. The lowest BCUT2D eigenvalue weighted by Crippen LogP contribution is -2.26. The molecular weight excluding hydrogens is 277 g/mol. The third kappa shape index (κ3) is 2.80. The SMILES string of the molecule is CCOC(=O)C(=O)Nc1c(F)c(F)c(F)c(F)c1F. The van der Waals surface area contributed by atoms with Crippen LogP contribution in [0.5, 0.6) is 0 Å². The predicted octanol–water partition coefficient (Wildman–Crippen LogP) is 1.88. The molecule has 0 aliphatic rings. The van der Waals surface area contributed by atoms with Crippen LogP contribution in [0.1, 0.15) is 6.92 Å². The maximum Gasteiger partial charge on any atom is 0.397 e. The van der Waals surface area contributed by atoms with E-state index >= 15 is 0 Å². The summed E-state index contributed by atoms with van der Waals surface area (Å²) in [5, 5.41) is 1.26. The monoisotopic (exact) mass is 283 g/mol. The lowest BCUT2D eigenvalue weighted by Gasteiger charge is -2.09. The molecule has 0 radical (unpaired) electrons. The van der Waals surface area contributed by atoms with Gasteiger partial charge in [-0.05, 0) is 6.92 Å². The third-order valence-corrected chi connectivity index (χ3v) is 1.91.